The molecule has 1 aliphatic heterocycles. The van der Waals surface area contributed by atoms with Gasteiger partial charge in [0, 0.05) is 6.04 Å². The molecule has 5 atom stereocenters. The van der Waals surface area contributed by atoms with E-state index >= 15 is 0 Å². The number of aliphatic hydroxyl groups is 3. The molecule has 9 heteroatoms. The van der Waals surface area contributed by atoms with Crippen LogP contribution in [0.1, 0.15) is 55.6 Å². The number of aliphatic hydroxyl groups excluding tert-OH is 3. The molecule has 9 nitrogen and oxygen atoms in total. The summed E-state index contributed by atoms with van der Waals surface area (Å²) in [7, 11) is 0. The highest BCUT2D eigenvalue weighted by Gasteiger charge is 2.44. The maximum Gasteiger partial charge on any atom is 0.273 e. The van der Waals surface area contributed by atoms with Crippen LogP contribution in [-0.4, -0.2) is 73.3 Å². The van der Waals surface area contributed by atoms with Crippen LogP contribution in [0.5, 0.6) is 0 Å². The maximum atomic E-state index is 12.3. The van der Waals surface area contributed by atoms with Crippen molar-refractivity contribution in [2.45, 2.75) is 75.5 Å². The Balaban J connectivity index is 1.71. The second-order valence-corrected chi connectivity index (χ2v) is 6.93. The molecule has 1 saturated carbocycles. The van der Waals surface area contributed by atoms with Crippen molar-refractivity contribution in [3.05, 3.63) is 11.9 Å². The summed E-state index contributed by atoms with van der Waals surface area (Å²) in [4.78, 5) is 12.3. The molecule has 0 spiro atoms. The predicted octanol–water partition coefficient (Wildman–Crippen LogP) is -0.617. The number of hydrogen-bond donors (Lipinski definition) is 4. The number of rotatable bonds is 4. The van der Waals surface area contributed by atoms with Crippen molar-refractivity contribution >= 4 is 5.91 Å². The molecule has 4 N–H and O–H groups in total. The molecule has 0 aromatic carbocycles. The van der Waals surface area contributed by atoms with Crippen molar-refractivity contribution in [2.75, 3.05) is 6.61 Å². The number of nitrogens with one attached hydrogen (secondary N) is 1. The van der Waals surface area contributed by atoms with Crippen molar-refractivity contribution in [2.24, 2.45) is 0 Å². The first-order valence-electron chi connectivity index (χ1n) is 8.86. The number of carbonyl (C=O) groups is 1. The zero-order chi connectivity index (χ0) is 18.0. The maximum absolute atomic E-state index is 12.3. The van der Waals surface area contributed by atoms with E-state index in [1.54, 1.807) is 6.92 Å². The minimum atomic E-state index is -1.16. The van der Waals surface area contributed by atoms with Crippen LogP contribution >= 0.6 is 0 Å². The van der Waals surface area contributed by atoms with Gasteiger partial charge >= 0.3 is 0 Å². The highest BCUT2D eigenvalue weighted by molar-refractivity contribution is 5.92. The smallest absolute Gasteiger partial charge is 0.273 e. The monoisotopic (exact) mass is 354 g/mol. The van der Waals surface area contributed by atoms with Gasteiger partial charge in [-0.25, -0.2) is 4.68 Å². The van der Waals surface area contributed by atoms with Gasteiger partial charge in [-0.1, -0.05) is 24.5 Å². The van der Waals surface area contributed by atoms with Gasteiger partial charge in [-0.15, -0.1) is 5.10 Å². The van der Waals surface area contributed by atoms with Gasteiger partial charge < -0.3 is 25.4 Å². The van der Waals surface area contributed by atoms with Gasteiger partial charge in [0.15, 0.2) is 5.69 Å². The molecule has 2 fully saturated rings. The lowest BCUT2D eigenvalue weighted by atomic mass is 9.93. The molecule has 140 valence electrons. The molecule has 1 aliphatic carbocycles. The van der Waals surface area contributed by atoms with E-state index in [2.05, 4.69) is 15.6 Å². The van der Waals surface area contributed by atoms with Crippen LogP contribution in [0.15, 0.2) is 6.20 Å². The largest absolute Gasteiger partial charge is 0.394 e. The van der Waals surface area contributed by atoms with Crippen LogP contribution in [0.2, 0.25) is 0 Å². The lowest BCUT2D eigenvalue weighted by Crippen LogP contribution is -2.55. The molecule has 25 heavy (non-hydrogen) atoms. The Hall–Kier alpha value is -1.55. The van der Waals surface area contributed by atoms with E-state index in [4.69, 9.17) is 4.74 Å². The standard InChI is InChI=1S/C16H26N4O5/c1-9-14(22)13(15(23)12(8-21)25-9)20-7-11(18-19-20)16(24)17-10-5-3-2-4-6-10/h7,9-10,12-15,21-23H,2-6,8H2,1H3,(H,17,24)/t9-,12+,13+,14-,15-/m0/s1. The summed E-state index contributed by atoms with van der Waals surface area (Å²) >= 11 is 0. The zero-order valence-electron chi connectivity index (χ0n) is 14.3. The molecule has 0 radical (unpaired) electrons. The first kappa shape index (κ1) is 18.2. The van der Waals surface area contributed by atoms with Crippen molar-refractivity contribution in [3.8, 4) is 0 Å². The lowest BCUT2D eigenvalue weighted by molar-refractivity contribution is -0.199. The van der Waals surface area contributed by atoms with Crippen LogP contribution in [0.3, 0.4) is 0 Å². The average Bonchev–Trinajstić information content (AvgIpc) is 3.09. The fraction of sp³-hybridized carbons (Fsp3) is 0.812. The molecule has 3 rings (SSSR count). The van der Waals surface area contributed by atoms with Crippen LogP contribution < -0.4 is 5.32 Å². The van der Waals surface area contributed by atoms with Crippen molar-refractivity contribution in [1.29, 1.82) is 0 Å². The highest BCUT2D eigenvalue weighted by Crippen LogP contribution is 2.29. The summed E-state index contributed by atoms with van der Waals surface area (Å²) in [6.45, 7) is 1.28. The second kappa shape index (κ2) is 7.77. The molecular formula is C16H26N4O5. The fourth-order valence-electron chi connectivity index (χ4n) is 3.63. The van der Waals surface area contributed by atoms with Gasteiger partial charge in [-0.2, -0.15) is 0 Å². The number of hydrogen-bond acceptors (Lipinski definition) is 7. The molecule has 1 amide bonds. The van der Waals surface area contributed by atoms with Crippen LogP contribution in [0.4, 0.5) is 0 Å². The number of ether oxygens (including phenoxy) is 1. The van der Waals surface area contributed by atoms with Gasteiger partial charge in [0.25, 0.3) is 5.91 Å². The molecule has 0 unspecified atom stereocenters. The molecule has 0 bridgehead atoms. The highest BCUT2D eigenvalue weighted by atomic mass is 16.5. The average molecular weight is 354 g/mol. The van der Waals surface area contributed by atoms with E-state index in [1.165, 1.54) is 17.3 Å². The molecule has 2 heterocycles. The summed E-state index contributed by atoms with van der Waals surface area (Å²) in [6.07, 6.45) is 3.16. The number of nitrogens with zero attached hydrogens (tertiary/aromatic N) is 3. The third kappa shape index (κ3) is 3.84. The van der Waals surface area contributed by atoms with Gasteiger partial charge in [0.2, 0.25) is 0 Å². The van der Waals surface area contributed by atoms with Gasteiger partial charge in [0.05, 0.1) is 18.9 Å². The summed E-state index contributed by atoms with van der Waals surface area (Å²) in [5.74, 6) is -0.305. The molecule has 2 aliphatic rings. The minimum absolute atomic E-state index is 0.143. The topological polar surface area (TPSA) is 130 Å². The molecule has 1 aromatic rings. The SMILES string of the molecule is C[C@@H]1O[C@H](CO)[C@H](O)[C@H](n2cc(C(=O)NC3CCCCC3)nn2)[C@H]1O. The van der Waals surface area contributed by atoms with Crippen LogP contribution in [0, 0.1) is 0 Å². The number of amides is 1. The summed E-state index contributed by atoms with van der Waals surface area (Å²) < 4.78 is 6.66. The van der Waals surface area contributed by atoms with Crippen LogP contribution in [-0.2, 0) is 4.74 Å². The second-order valence-electron chi connectivity index (χ2n) is 6.93. The van der Waals surface area contributed by atoms with E-state index in [-0.39, 0.29) is 24.2 Å². The third-order valence-corrected chi connectivity index (χ3v) is 5.12. The van der Waals surface area contributed by atoms with Crippen LogP contribution in [0.25, 0.3) is 0 Å². The Kier molecular flexibility index (Phi) is 5.67. The van der Waals surface area contributed by atoms with E-state index < -0.39 is 30.5 Å². The molecular weight excluding hydrogens is 328 g/mol. The van der Waals surface area contributed by atoms with Crippen molar-refractivity contribution in [3.63, 3.8) is 0 Å². The Bertz CT molecular complexity index is 589. The quantitative estimate of drug-likeness (QED) is 0.567. The van der Waals surface area contributed by atoms with E-state index in [9.17, 15) is 20.1 Å². The summed E-state index contributed by atoms with van der Waals surface area (Å²) in [5.41, 5.74) is 0.143. The van der Waals surface area contributed by atoms with Crippen molar-refractivity contribution < 1.29 is 24.9 Å². The first-order chi connectivity index (χ1) is 12.0. The van der Waals surface area contributed by atoms with E-state index in [0.717, 1.165) is 25.7 Å². The fourth-order valence-corrected chi connectivity index (χ4v) is 3.63. The molecule has 1 saturated heterocycles. The van der Waals surface area contributed by atoms with E-state index in [1.807, 2.05) is 0 Å². The normalized spacial score (nSPS) is 34.0. The summed E-state index contributed by atoms with van der Waals surface area (Å²) in [5, 5.41) is 40.7. The van der Waals surface area contributed by atoms with Gasteiger partial charge in [-0.05, 0) is 19.8 Å². The first-order valence-corrected chi connectivity index (χ1v) is 8.86. The lowest BCUT2D eigenvalue weighted by Gasteiger charge is -2.40. The van der Waals surface area contributed by atoms with Gasteiger partial charge in [0.1, 0.15) is 24.4 Å². The Morgan fingerprint density at radius 1 is 1.32 bits per heavy atom. The summed E-state index contributed by atoms with van der Waals surface area (Å²) in [6, 6.07) is -0.686. The Morgan fingerprint density at radius 3 is 2.72 bits per heavy atom. The number of aromatic nitrogens is 3. The predicted molar refractivity (Wildman–Crippen MR) is 86.8 cm³/mol. The minimum Gasteiger partial charge on any atom is -0.394 e. The molecule has 1 aromatic heterocycles. The number of carbonyl (C=O) groups excluding carboxylic acids is 1. The third-order valence-electron chi connectivity index (χ3n) is 5.12. The van der Waals surface area contributed by atoms with E-state index in [0.29, 0.717) is 0 Å². The Morgan fingerprint density at radius 2 is 2.04 bits per heavy atom. The zero-order valence-corrected chi connectivity index (χ0v) is 14.3. The van der Waals surface area contributed by atoms with Gasteiger partial charge in [-0.3, -0.25) is 4.79 Å². The Labute approximate surface area is 146 Å². The van der Waals surface area contributed by atoms with Crippen molar-refractivity contribution in [1.82, 2.24) is 20.3 Å².